The predicted octanol–water partition coefficient (Wildman–Crippen LogP) is 3.49. The van der Waals surface area contributed by atoms with Crippen molar-refractivity contribution in [2.75, 3.05) is 0 Å². The molecule has 1 unspecified atom stereocenters. The summed E-state index contributed by atoms with van der Waals surface area (Å²) < 4.78 is 0.997. The Morgan fingerprint density at radius 2 is 2.13 bits per heavy atom. The fourth-order valence-electron chi connectivity index (χ4n) is 2.15. The number of carboxylic acid groups (broad SMARTS) is 1. The van der Waals surface area contributed by atoms with Crippen LogP contribution in [0.15, 0.2) is 34.1 Å². The molecule has 1 aromatic carbocycles. The fraction of sp³-hybridized carbons (Fsp3) is 0.312. The Bertz CT molecular complexity index is 702. The van der Waals surface area contributed by atoms with Gasteiger partial charge in [-0.15, -0.1) is 11.3 Å². The number of nitrogens with one attached hydrogen (secondary N) is 1. The standard InChI is InChI=1S/C16H17BrN2O3S/c1-2-10(7-11-5-3-4-6-12(11)17)15(20)18-8-14-19-13(9-23-14)16(21)22/h3-6,9-10H,2,7-8H2,1H3,(H,18,20)(H,21,22). The lowest BCUT2D eigenvalue weighted by molar-refractivity contribution is -0.125. The molecule has 1 heterocycles. The van der Waals surface area contributed by atoms with Crippen LogP contribution < -0.4 is 5.32 Å². The lowest BCUT2D eigenvalue weighted by Gasteiger charge is -2.15. The van der Waals surface area contributed by atoms with Gasteiger partial charge in [-0.25, -0.2) is 9.78 Å². The first-order valence-corrected chi connectivity index (χ1v) is 8.87. The Balaban J connectivity index is 1.94. The molecule has 2 aromatic rings. The third-order valence-electron chi connectivity index (χ3n) is 3.47. The lowest BCUT2D eigenvalue weighted by atomic mass is 9.96. The van der Waals surface area contributed by atoms with Crippen molar-refractivity contribution in [3.8, 4) is 0 Å². The number of hydrogen-bond acceptors (Lipinski definition) is 4. The Morgan fingerprint density at radius 3 is 2.74 bits per heavy atom. The molecule has 23 heavy (non-hydrogen) atoms. The monoisotopic (exact) mass is 396 g/mol. The molecule has 0 aliphatic carbocycles. The Hall–Kier alpha value is -1.73. The average Bonchev–Trinajstić information content (AvgIpc) is 3.01. The van der Waals surface area contributed by atoms with Crippen molar-refractivity contribution in [3.05, 3.63) is 50.4 Å². The summed E-state index contributed by atoms with van der Waals surface area (Å²) in [5.74, 6) is -1.23. The van der Waals surface area contributed by atoms with Crippen LogP contribution in [0, 0.1) is 5.92 Å². The van der Waals surface area contributed by atoms with Crippen LogP contribution in [0.5, 0.6) is 0 Å². The van der Waals surface area contributed by atoms with Crippen molar-refractivity contribution in [2.24, 2.45) is 5.92 Å². The zero-order valence-corrected chi connectivity index (χ0v) is 15.0. The molecular formula is C16H17BrN2O3S. The average molecular weight is 397 g/mol. The normalized spacial score (nSPS) is 11.9. The number of halogens is 1. The van der Waals surface area contributed by atoms with E-state index in [0.717, 1.165) is 16.5 Å². The van der Waals surface area contributed by atoms with Crippen molar-refractivity contribution < 1.29 is 14.7 Å². The number of hydrogen-bond donors (Lipinski definition) is 2. The highest BCUT2D eigenvalue weighted by atomic mass is 79.9. The molecule has 0 fully saturated rings. The third kappa shape index (κ3) is 4.87. The Morgan fingerprint density at radius 1 is 1.39 bits per heavy atom. The number of carbonyl (C=O) groups is 2. The van der Waals surface area contributed by atoms with Gasteiger partial charge in [0.05, 0.1) is 6.54 Å². The van der Waals surface area contributed by atoms with E-state index in [4.69, 9.17) is 5.11 Å². The topological polar surface area (TPSA) is 79.3 Å². The maximum Gasteiger partial charge on any atom is 0.355 e. The molecule has 0 aliphatic heterocycles. The SMILES string of the molecule is CCC(Cc1ccccc1Br)C(=O)NCc1nc(C(=O)O)cs1. The van der Waals surface area contributed by atoms with Gasteiger partial charge in [-0.1, -0.05) is 41.1 Å². The van der Waals surface area contributed by atoms with Crippen LogP contribution >= 0.6 is 27.3 Å². The summed E-state index contributed by atoms with van der Waals surface area (Å²) in [5.41, 5.74) is 1.11. The summed E-state index contributed by atoms with van der Waals surface area (Å²) in [7, 11) is 0. The molecule has 2 rings (SSSR count). The maximum absolute atomic E-state index is 12.3. The van der Waals surface area contributed by atoms with E-state index in [0.29, 0.717) is 11.4 Å². The van der Waals surface area contributed by atoms with Gasteiger partial charge in [0, 0.05) is 15.8 Å². The van der Waals surface area contributed by atoms with Crippen LogP contribution in [0.4, 0.5) is 0 Å². The number of carbonyl (C=O) groups excluding carboxylic acids is 1. The molecule has 0 bridgehead atoms. The first kappa shape index (κ1) is 17.6. The molecule has 0 saturated heterocycles. The number of benzene rings is 1. The molecular weight excluding hydrogens is 380 g/mol. The highest BCUT2D eigenvalue weighted by molar-refractivity contribution is 9.10. The van der Waals surface area contributed by atoms with E-state index in [1.165, 1.54) is 16.7 Å². The van der Waals surface area contributed by atoms with E-state index in [2.05, 4.69) is 26.2 Å². The quantitative estimate of drug-likeness (QED) is 0.750. The predicted molar refractivity (Wildman–Crippen MR) is 92.5 cm³/mol. The van der Waals surface area contributed by atoms with E-state index in [1.807, 2.05) is 31.2 Å². The Kier molecular flexibility index (Phi) is 6.29. The number of carboxylic acids is 1. The first-order chi connectivity index (χ1) is 11.0. The van der Waals surface area contributed by atoms with Gasteiger partial charge in [0.2, 0.25) is 5.91 Å². The summed E-state index contributed by atoms with van der Waals surface area (Å²) >= 11 is 4.73. The van der Waals surface area contributed by atoms with Crippen LogP contribution in [-0.4, -0.2) is 22.0 Å². The summed E-state index contributed by atoms with van der Waals surface area (Å²) in [6.45, 7) is 2.23. The molecule has 2 N–H and O–H groups in total. The molecule has 7 heteroatoms. The zero-order valence-electron chi connectivity index (χ0n) is 12.6. The van der Waals surface area contributed by atoms with Crippen molar-refractivity contribution in [1.29, 1.82) is 0 Å². The van der Waals surface area contributed by atoms with Crippen LogP contribution in [0.3, 0.4) is 0 Å². The van der Waals surface area contributed by atoms with Crippen molar-refractivity contribution in [2.45, 2.75) is 26.3 Å². The molecule has 1 atom stereocenters. The summed E-state index contributed by atoms with van der Waals surface area (Å²) in [6, 6.07) is 7.85. The van der Waals surface area contributed by atoms with Crippen LogP contribution in [0.25, 0.3) is 0 Å². The molecule has 0 radical (unpaired) electrons. The van der Waals surface area contributed by atoms with Gasteiger partial charge in [-0.05, 0) is 24.5 Å². The highest BCUT2D eigenvalue weighted by Gasteiger charge is 2.18. The second kappa shape index (κ2) is 8.21. The van der Waals surface area contributed by atoms with Gasteiger partial charge >= 0.3 is 5.97 Å². The highest BCUT2D eigenvalue weighted by Crippen LogP contribution is 2.21. The van der Waals surface area contributed by atoms with Gasteiger partial charge in [0.25, 0.3) is 0 Å². The lowest BCUT2D eigenvalue weighted by Crippen LogP contribution is -2.31. The van der Waals surface area contributed by atoms with Crippen molar-refractivity contribution in [1.82, 2.24) is 10.3 Å². The molecule has 0 aliphatic rings. The number of aromatic nitrogens is 1. The van der Waals surface area contributed by atoms with Gasteiger partial charge in [0.1, 0.15) is 5.01 Å². The fourth-order valence-corrected chi connectivity index (χ4v) is 3.30. The molecule has 1 amide bonds. The molecule has 1 aromatic heterocycles. The molecule has 0 spiro atoms. The van der Waals surface area contributed by atoms with Gasteiger partial charge in [-0.3, -0.25) is 4.79 Å². The number of amides is 1. The van der Waals surface area contributed by atoms with Crippen LogP contribution in [0.1, 0.15) is 34.4 Å². The molecule has 5 nitrogen and oxygen atoms in total. The van der Waals surface area contributed by atoms with E-state index < -0.39 is 5.97 Å². The maximum atomic E-state index is 12.3. The van der Waals surface area contributed by atoms with E-state index >= 15 is 0 Å². The second-order valence-electron chi connectivity index (χ2n) is 5.05. The Labute approximate surface area is 146 Å². The van der Waals surface area contributed by atoms with Crippen molar-refractivity contribution in [3.63, 3.8) is 0 Å². The van der Waals surface area contributed by atoms with E-state index in [-0.39, 0.29) is 24.1 Å². The van der Waals surface area contributed by atoms with Gasteiger partial charge in [0.15, 0.2) is 5.69 Å². The third-order valence-corrected chi connectivity index (χ3v) is 5.09. The summed E-state index contributed by atoms with van der Waals surface area (Å²) in [5, 5.41) is 13.8. The summed E-state index contributed by atoms with van der Waals surface area (Å²) in [6.07, 6.45) is 1.38. The minimum Gasteiger partial charge on any atom is -0.476 e. The molecule has 0 saturated carbocycles. The van der Waals surface area contributed by atoms with Crippen LogP contribution in [0.2, 0.25) is 0 Å². The summed E-state index contributed by atoms with van der Waals surface area (Å²) in [4.78, 5) is 27.1. The first-order valence-electron chi connectivity index (χ1n) is 7.20. The van der Waals surface area contributed by atoms with Crippen molar-refractivity contribution >= 4 is 39.1 Å². The van der Waals surface area contributed by atoms with Crippen LogP contribution in [-0.2, 0) is 17.8 Å². The zero-order chi connectivity index (χ0) is 16.8. The smallest absolute Gasteiger partial charge is 0.355 e. The van der Waals surface area contributed by atoms with Gasteiger partial charge in [-0.2, -0.15) is 0 Å². The van der Waals surface area contributed by atoms with Gasteiger partial charge < -0.3 is 10.4 Å². The number of nitrogens with zero attached hydrogens (tertiary/aromatic N) is 1. The largest absolute Gasteiger partial charge is 0.476 e. The minimum absolute atomic E-state index is 0.0134. The number of rotatable bonds is 7. The number of thiazole rings is 1. The van der Waals surface area contributed by atoms with E-state index in [1.54, 1.807) is 0 Å². The number of aromatic carboxylic acids is 1. The van der Waals surface area contributed by atoms with E-state index in [9.17, 15) is 9.59 Å². The molecule has 122 valence electrons. The minimum atomic E-state index is -1.06. The second-order valence-corrected chi connectivity index (χ2v) is 6.85.